The van der Waals surface area contributed by atoms with Crippen molar-refractivity contribution in [2.45, 2.75) is 37.3 Å². The molecular formula is C13H19F2NO2S. The molecular weight excluding hydrogens is 272 g/mol. The average Bonchev–Trinajstić information content (AvgIpc) is 2.25. The van der Waals surface area contributed by atoms with Gasteiger partial charge in [0.25, 0.3) is 0 Å². The molecule has 2 atom stereocenters. The molecule has 6 heteroatoms. The Morgan fingerprint density at radius 1 is 1.37 bits per heavy atom. The maximum absolute atomic E-state index is 13.4. The van der Waals surface area contributed by atoms with E-state index in [4.69, 9.17) is 0 Å². The molecule has 2 unspecified atom stereocenters. The zero-order valence-corrected chi connectivity index (χ0v) is 12.1. The topological polar surface area (TPSA) is 49.3 Å². The van der Waals surface area contributed by atoms with Crippen LogP contribution in [0.3, 0.4) is 0 Å². The van der Waals surface area contributed by atoms with Crippen LogP contribution in [0.25, 0.3) is 0 Å². The molecule has 1 aromatic rings. The van der Waals surface area contributed by atoms with Crippen molar-refractivity contribution in [2.75, 3.05) is 12.3 Å². The van der Waals surface area contributed by atoms with Crippen LogP contribution in [-0.4, -0.2) is 33.3 Å². The lowest BCUT2D eigenvalue weighted by molar-refractivity contribution is 0.182. The summed E-state index contributed by atoms with van der Waals surface area (Å²) in [6, 6.07) is 2.88. The van der Waals surface area contributed by atoms with Gasteiger partial charge in [-0.2, -0.15) is 0 Å². The minimum absolute atomic E-state index is 0.0868. The van der Waals surface area contributed by atoms with Gasteiger partial charge in [0.2, 0.25) is 0 Å². The van der Waals surface area contributed by atoms with E-state index < -0.39 is 28.5 Å². The van der Waals surface area contributed by atoms with E-state index >= 15 is 0 Å². The molecule has 3 nitrogen and oxygen atoms in total. The van der Waals surface area contributed by atoms with Crippen LogP contribution in [-0.2, 0) is 10.8 Å². The first-order valence-electron chi connectivity index (χ1n) is 5.95. The Bertz CT molecular complexity index is 460. The number of aliphatic hydroxyl groups excluding tert-OH is 1. The van der Waals surface area contributed by atoms with Gasteiger partial charge in [0.1, 0.15) is 11.6 Å². The van der Waals surface area contributed by atoms with Crippen molar-refractivity contribution in [1.82, 2.24) is 5.32 Å². The van der Waals surface area contributed by atoms with E-state index in [-0.39, 0.29) is 22.7 Å². The molecule has 19 heavy (non-hydrogen) atoms. The quantitative estimate of drug-likeness (QED) is 0.870. The van der Waals surface area contributed by atoms with Gasteiger partial charge in [-0.15, -0.1) is 0 Å². The van der Waals surface area contributed by atoms with Gasteiger partial charge >= 0.3 is 0 Å². The molecule has 0 aliphatic carbocycles. The van der Waals surface area contributed by atoms with Gasteiger partial charge in [0.15, 0.2) is 0 Å². The molecule has 0 spiro atoms. The van der Waals surface area contributed by atoms with Gasteiger partial charge in [-0.3, -0.25) is 4.21 Å². The van der Waals surface area contributed by atoms with E-state index in [1.807, 2.05) is 20.8 Å². The Labute approximate surface area is 114 Å². The van der Waals surface area contributed by atoms with E-state index in [9.17, 15) is 18.1 Å². The summed E-state index contributed by atoms with van der Waals surface area (Å²) < 4.78 is 38.0. The van der Waals surface area contributed by atoms with Gasteiger partial charge in [-0.1, -0.05) is 0 Å². The summed E-state index contributed by atoms with van der Waals surface area (Å²) in [5.41, 5.74) is -0.163. The summed E-state index contributed by atoms with van der Waals surface area (Å²) in [5, 5.41) is 12.8. The van der Waals surface area contributed by atoms with Crippen LogP contribution in [0, 0.1) is 11.6 Å². The maximum Gasteiger partial charge on any atom is 0.142 e. The van der Waals surface area contributed by atoms with Crippen molar-refractivity contribution < 1.29 is 18.1 Å². The minimum atomic E-state index is -1.69. The number of halogens is 2. The third-order valence-electron chi connectivity index (χ3n) is 2.35. The lowest BCUT2D eigenvalue weighted by Crippen LogP contribution is -2.42. The van der Waals surface area contributed by atoms with Gasteiger partial charge in [0.05, 0.1) is 27.6 Å². The number of rotatable bonds is 5. The van der Waals surface area contributed by atoms with Gasteiger partial charge in [-0.25, -0.2) is 8.78 Å². The first kappa shape index (κ1) is 16.2. The third-order valence-corrected chi connectivity index (χ3v) is 3.86. The Hall–Kier alpha value is -0.850. The molecule has 108 valence electrons. The summed E-state index contributed by atoms with van der Waals surface area (Å²) >= 11 is 0. The average molecular weight is 291 g/mol. The SMILES string of the molecule is CC(C)(C)NCC(O)CS(=O)c1ccc(F)cc1F. The maximum atomic E-state index is 13.4. The van der Waals surface area contributed by atoms with E-state index in [0.29, 0.717) is 6.07 Å². The smallest absolute Gasteiger partial charge is 0.142 e. The molecule has 0 aromatic heterocycles. The Kier molecular flexibility index (Phi) is 5.58. The highest BCUT2D eigenvalue weighted by molar-refractivity contribution is 7.85. The zero-order valence-electron chi connectivity index (χ0n) is 11.2. The number of hydrogen-bond donors (Lipinski definition) is 2. The second-order valence-electron chi connectivity index (χ2n) is 5.37. The van der Waals surface area contributed by atoms with Gasteiger partial charge in [-0.05, 0) is 32.9 Å². The highest BCUT2D eigenvalue weighted by atomic mass is 32.2. The fourth-order valence-electron chi connectivity index (χ4n) is 1.41. The van der Waals surface area contributed by atoms with Crippen molar-refractivity contribution in [3.8, 4) is 0 Å². The predicted molar refractivity (Wildman–Crippen MR) is 71.4 cm³/mol. The van der Waals surface area contributed by atoms with Crippen molar-refractivity contribution >= 4 is 10.8 Å². The van der Waals surface area contributed by atoms with Crippen LogP contribution < -0.4 is 5.32 Å². The number of aliphatic hydroxyl groups is 1. The fraction of sp³-hybridized carbons (Fsp3) is 0.538. The first-order valence-corrected chi connectivity index (χ1v) is 7.27. The lowest BCUT2D eigenvalue weighted by Gasteiger charge is -2.22. The van der Waals surface area contributed by atoms with Crippen molar-refractivity contribution in [3.63, 3.8) is 0 Å². The van der Waals surface area contributed by atoms with Crippen LogP contribution in [0.2, 0.25) is 0 Å². The lowest BCUT2D eigenvalue weighted by atomic mass is 10.1. The molecule has 0 bridgehead atoms. The molecule has 0 heterocycles. The summed E-state index contributed by atoms with van der Waals surface area (Å²) in [4.78, 5) is -0.0868. The first-order chi connectivity index (χ1) is 8.69. The summed E-state index contributed by atoms with van der Waals surface area (Å²) in [5.74, 6) is -1.66. The second-order valence-corrected chi connectivity index (χ2v) is 6.84. The molecule has 0 amide bonds. The molecule has 0 saturated carbocycles. The zero-order chi connectivity index (χ0) is 14.6. The third kappa shape index (κ3) is 5.76. The Balaban J connectivity index is 2.59. The molecule has 0 aliphatic rings. The van der Waals surface area contributed by atoms with Crippen molar-refractivity contribution in [3.05, 3.63) is 29.8 Å². The van der Waals surface area contributed by atoms with Crippen LogP contribution in [0.4, 0.5) is 8.78 Å². The van der Waals surface area contributed by atoms with Crippen molar-refractivity contribution in [2.24, 2.45) is 0 Å². The predicted octanol–water partition coefficient (Wildman–Crippen LogP) is 1.82. The van der Waals surface area contributed by atoms with Crippen LogP contribution in [0.1, 0.15) is 20.8 Å². The second kappa shape index (κ2) is 6.54. The Morgan fingerprint density at radius 2 is 2.00 bits per heavy atom. The molecule has 0 aliphatic heterocycles. The minimum Gasteiger partial charge on any atom is -0.391 e. The molecule has 0 fully saturated rings. The Morgan fingerprint density at radius 3 is 2.53 bits per heavy atom. The highest BCUT2D eigenvalue weighted by Gasteiger charge is 2.17. The van der Waals surface area contributed by atoms with E-state index in [0.717, 1.165) is 12.1 Å². The molecule has 0 saturated heterocycles. The number of hydrogen-bond acceptors (Lipinski definition) is 3. The molecule has 2 N–H and O–H groups in total. The number of benzene rings is 1. The van der Waals surface area contributed by atoms with Crippen LogP contribution in [0.5, 0.6) is 0 Å². The van der Waals surface area contributed by atoms with Gasteiger partial charge < -0.3 is 10.4 Å². The fourth-order valence-corrected chi connectivity index (χ4v) is 2.55. The van der Waals surface area contributed by atoms with E-state index in [1.54, 1.807) is 0 Å². The summed E-state index contributed by atoms with van der Waals surface area (Å²) in [6.45, 7) is 6.08. The summed E-state index contributed by atoms with van der Waals surface area (Å²) in [7, 11) is -1.69. The van der Waals surface area contributed by atoms with E-state index in [2.05, 4.69) is 5.32 Å². The summed E-state index contributed by atoms with van der Waals surface area (Å²) in [6.07, 6.45) is -0.857. The monoisotopic (exact) mass is 291 g/mol. The van der Waals surface area contributed by atoms with Crippen LogP contribution >= 0.6 is 0 Å². The molecule has 1 aromatic carbocycles. The van der Waals surface area contributed by atoms with Crippen LogP contribution in [0.15, 0.2) is 23.1 Å². The van der Waals surface area contributed by atoms with Gasteiger partial charge in [0, 0.05) is 18.2 Å². The normalized spacial score (nSPS) is 15.3. The van der Waals surface area contributed by atoms with Crippen molar-refractivity contribution in [1.29, 1.82) is 0 Å². The van der Waals surface area contributed by atoms with E-state index in [1.165, 1.54) is 0 Å². The molecule has 0 radical (unpaired) electrons. The largest absolute Gasteiger partial charge is 0.391 e. The highest BCUT2D eigenvalue weighted by Crippen LogP contribution is 2.14. The number of β-amino-alcohol motifs (C(OH)–C–C–N with tert-alkyl or cyclic N) is 1. The standard InChI is InChI=1S/C13H19F2NO2S/c1-13(2,3)16-7-10(17)8-19(18)12-5-4-9(14)6-11(12)15/h4-6,10,16-17H,7-8H2,1-3H3. The molecule has 1 rings (SSSR count). The number of nitrogens with one attached hydrogen (secondary N) is 1.